The first-order valence-electron chi connectivity index (χ1n) is 10.1. The van der Waals surface area contributed by atoms with E-state index in [0.717, 1.165) is 21.7 Å². The first-order valence-corrected chi connectivity index (χ1v) is 10.1. The van der Waals surface area contributed by atoms with Crippen molar-refractivity contribution >= 4 is 22.6 Å². The number of nitrogens with zero attached hydrogens (tertiary/aromatic N) is 2. The first-order chi connectivity index (χ1) is 16.1. The molecule has 3 N–H and O–H groups in total. The van der Waals surface area contributed by atoms with Crippen molar-refractivity contribution in [3.05, 3.63) is 103 Å². The molecule has 3 heterocycles. The maximum Gasteiger partial charge on any atom is 0.325 e. The van der Waals surface area contributed by atoms with Crippen LogP contribution in [0.3, 0.4) is 0 Å². The highest BCUT2D eigenvalue weighted by atomic mass is 19.1. The van der Waals surface area contributed by atoms with E-state index in [1.807, 2.05) is 30.3 Å². The van der Waals surface area contributed by atoms with Crippen molar-refractivity contribution in [2.75, 3.05) is 5.32 Å². The molecule has 7 nitrogen and oxygen atoms in total. The normalized spacial score (nSPS) is 10.8. The number of hydrogen-bond acceptors (Lipinski definition) is 4. The molecule has 162 valence electrons. The summed E-state index contributed by atoms with van der Waals surface area (Å²) in [5.41, 5.74) is 2.05. The molecule has 0 atom stereocenters. The van der Waals surface area contributed by atoms with Crippen molar-refractivity contribution in [1.82, 2.24) is 9.97 Å². The van der Waals surface area contributed by atoms with Crippen LogP contribution in [-0.2, 0) is 0 Å². The molecule has 33 heavy (non-hydrogen) atoms. The molecule has 3 aromatic heterocycles. The Morgan fingerprint density at radius 1 is 1.00 bits per heavy atom. The molecule has 0 radical (unpaired) electrons. The van der Waals surface area contributed by atoms with E-state index >= 15 is 0 Å². The maximum absolute atomic E-state index is 14.7. The van der Waals surface area contributed by atoms with E-state index < -0.39 is 11.7 Å². The molecule has 5 aromatic rings. The lowest BCUT2D eigenvalue weighted by Crippen LogP contribution is -2.41. The number of aromatic nitrogens is 3. The van der Waals surface area contributed by atoms with Gasteiger partial charge in [-0.1, -0.05) is 18.2 Å². The van der Waals surface area contributed by atoms with Crippen LogP contribution in [-0.4, -0.2) is 21.1 Å². The number of pyridine rings is 2. The third-order valence-corrected chi connectivity index (χ3v) is 5.10. The molecule has 5 rings (SSSR count). The lowest BCUT2D eigenvalue weighted by Gasteiger charge is -2.10. The maximum atomic E-state index is 14.7. The average Bonchev–Trinajstić information content (AvgIpc) is 3.31. The van der Waals surface area contributed by atoms with Crippen molar-refractivity contribution in [3.63, 3.8) is 0 Å². The highest BCUT2D eigenvalue weighted by Gasteiger charge is 2.24. The van der Waals surface area contributed by atoms with Crippen LogP contribution in [0.2, 0.25) is 0 Å². The minimum absolute atomic E-state index is 0.00345. The number of halogens is 1. The van der Waals surface area contributed by atoms with Crippen LogP contribution in [0.25, 0.3) is 22.3 Å². The number of amides is 1. The molecular formula is C25H18FN4O3+. The molecule has 1 amide bonds. The van der Waals surface area contributed by atoms with Crippen molar-refractivity contribution in [1.29, 1.82) is 0 Å². The van der Waals surface area contributed by atoms with E-state index in [1.165, 1.54) is 18.2 Å². The Hall–Kier alpha value is -4.72. The molecule has 0 saturated carbocycles. The van der Waals surface area contributed by atoms with Crippen LogP contribution in [0, 0.1) is 5.82 Å². The summed E-state index contributed by atoms with van der Waals surface area (Å²) in [5.74, 6) is -0.782. The Labute approximate surface area is 187 Å². The van der Waals surface area contributed by atoms with Crippen LogP contribution in [0.4, 0.5) is 10.1 Å². The molecule has 0 spiro atoms. The third kappa shape index (κ3) is 3.97. The summed E-state index contributed by atoms with van der Waals surface area (Å²) in [6.45, 7) is 0. The Morgan fingerprint density at radius 3 is 2.67 bits per heavy atom. The Morgan fingerprint density at radius 2 is 1.85 bits per heavy atom. The molecule has 0 bridgehead atoms. The average molecular weight is 441 g/mol. The fourth-order valence-corrected chi connectivity index (χ4v) is 3.50. The Bertz CT molecular complexity index is 1470. The van der Waals surface area contributed by atoms with Crippen LogP contribution in [0.5, 0.6) is 11.5 Å². The van der Waals surface area contributed by atoms with Gasteiger partial charge in [0, 0.05) is 41.0 Å². The zero-order chi connectivity index (χ0) is 22.8. The standard InChI is InChI=1S/C25H17FN4O3/c26-19-15-17(9-10-23(19)33-22-12-14-28-24-18(22)11-13-27-24)29-25(31)21-8-4-7-20(30(21)32)16-5-2-1-3-6-16/h1-15H,(H2-,27,28,29,31,32)/p+1. The molecule has 2 aromatic carbocycles. The van der Waals surface area contributed by atoms with Crippen LogP contribution >= 0.6 is 0 Å². The zero-order valence-corrected chi connectivity index (χ0v) is 17.2. The molecule has 0 fully saturated rings. The molecule has 0 aliphatic carbocycles. The van der Waals surface area contributed by atoms with Crippen molar-refractivity contribution in [2.45, 2.75) is 0 Å². The van der Waals surface area contributed by atoms with Crippen molar-refractivity contribution in [2.24, 2.45) is 0 Å². The number of ether oxygens (including phenoxy) is 1. The van der Waals surface area contributed by atoms with Gasteiger partial charge in [0.25, 0.3) is 5.69 Å². The van der Waals surface area contributed by atoms with E-state index in [0.29, 0.717) is 17.1 Å². The summed E-state index contributed by atoms with van der Waals surface area (Å²) in [6, 6.07) is 21.5. The highest BCUT2D eigenvalue weighted by molar-refractivity contribution is 6.02. The lowest BCUT2D eigenvalue weighted by molar-refractivity contribution is -0.897. The van der Waals surface area contributed by atoms with Gasteiger partial charge in [0.05, 0.1) is 10.9 Å². The quantitative estimate of drug-likeness (QED) is 0.266. The molecule has 0 aliphatic heterocycles. The summed E-state index contributed by atoms with van der Waals surface area (Å²) >= 11 is 0. The fraction of sp³-hybridized carbons (Fsp3) is 0. The zero-order valence-electron chi connectivity index (χ0n) is 17.2. The lowest BCUT2D eigenvalue weighted by atomic mass is 10.1. The van der Waals surface area contributed by atoms with Gasteiger partial charge in [0.2, 0.25) is 0 Å². The second kappa shape index (κ2) is 8.43. The topological polar surface area (TPSA) is 91.1 Å². The summed E-state index contributed by atoms with van der Waals surface area (Å²) in [5, 5.41) is 13.9. The molecule has 0 unspecified atom stereocenters. The largest absolute Gasteiger partial charge is 0.453 e. The summed E-state index contributed by atoms with van der Waals surface area (Å²) < 4.78 is 21.3. The SMILES string of the molecule is O=C(Nc1ccc(Oc2ccnc3[nH]ccc23)c(F)c1)c1cccc(-c2ccccc2)[n+]1O. The number of nitrogens with one attached hydrogen (secondary N) is 2. The van der Waals surface area contributed by atoms with Gasteiger partial charge in [0.15, 0.2) is 11.6 Å². The van der Waals surface area contributed by atoms with E-state index in [2.05, 4.69) is 15.3 Å². The third-order valence-electron chi connectivity index (χ3n) is 5.10. The number of carbonyl (C=O) groups excluding carboxylic acids is 1. The Kier molecular flexibility index (Phi) is 5.16. The van der Waals surface area contributed by atoms with E-state index in [-0.39, 0.29) is 17.1 Å². The van der Waals surface area contributed by atoms with E-state index in [4.69, 9.17) is 4.74 Å². The molecular weight excluding hydrogens is 423 g/mol. The number of hydrogen-bond donors (Lipinski definition) is 3. The fourth-order valence-electron chi connectivity index (χ4n) is 3.50. The minimum Gasteiger partial charge on any atom is -0.453 e. The van der Waals surface area contributed by atoms with E-state index in [1.54, 1.807) is 36.7 Å². The highest BCUT2D eigenvalue weighted by Crippen LogP contribution is 2.31. The van der Waals surface area contributed by atoms with Gasteiger partial charge in [-0.3, -0.25) is 10.0 Å². The van der Waals surface area contributed by atoms with Gasteiger partial charge in [0.1, 0.15) is 11.4 Å². The minimum atomic E-state index is -0.650. The molecule has 0 saturated heterocycles. The van der Waals surface area contributed by atoms with Crippen molar-refractivity contribution < 1.29 is 23.9 Å². The second-order valence-corrected chi connectivity index (χ2v) is 7.22. The summed E-state index contributed by atoms with van der Waals surface area (Å²) in [7, 11) is 0. The number of carbonyl (C=O) groups is 1. The number of benzene rings is 2. The number of aromatic amines is 1. The van der Waals surface area contributed by atoms with Crippen LogP contribution in [0.15, 0.2) is 91.3 Å². The smallest absolute Gasteiger partial charge is 0.325 e. The van der Waals surface area contributed by atoms with E-state index in [9.17, 15) is 14.4 Å². The number of anilines is 1. The number of fused-ring (bicyclic) bond motifs is 1. The van der Waals surface area contributed by atoms with Gasteiger partial charge in [-0.05, 0) is 42.5 Å². The van der Waals surface area contributed by atoms with Gasteiger partial charge in [-0.25, -0.2) is 9.37 Å². The summed E-state index contributed by atoms with van der Waals surface area (Å²) in [6.07, 6.45) is 3.29. The van der Waals surface area contributed by atoms with Crippen LogP contribution < -0.4 is 14.8 Å². The predicted molar refractivity (Wildman–Crippen MR) is 120 cm³/mol. The van der Waals surface area contributed by atoms with Gasteiger partial charge in [-0.2, -0.15) is 0 Å². The first kappa shape index (κ1) is 20.2. The number of H-pyrrole nitrogens is 1. The van der Waals surface area contributed by atoms with Gasteiger partial charge in [-0.15, -0.1) is 0 Å². The van der Waals surface area contributed by atoms with Gasteiger partial charge >= 0.3 is 11.6 Å². The molecule has 8 heteroatoms. The monoisotopic (exact) mass is 441 g/mol. The summed E-state index contributed by atoms with van der Waals surface area (Å²) in [4.78, 5) is 19.9. The predicted octanol–water partition coefficient (Wildman–Crippen LogP) is 4.94. The van der Waals surface area contributed by atoms with Gasteiger partial charge < -0.3 is 15.0 Å². The number of rotatable bonds is 5. The second-order valence-electron chi connectivity index (χ2n) is 7.22. The van der Waals surface area contributed by atoms with Crippen LogP contribution in [0.1, 0.15) is 10.5 Å². The van der Waals surface area contributed by atoms with Crippen molar-refractivity contribution in [3.8, 4) is 22.8 Å². The molecule has 0 aliphatic rings. The Balaban J connectivity index is 1.37.